The normalized spacial score (nSPS) is 11.0. The molecule has 0 saturated carbocycles. The minimum absolute atomic E-state index is 0. The SMILES string of the molecule is CCNC(=NCCCCn1cnnc1)NCCN(CC)c1cccc(C)c1.I. The van der Waals surface area contributed by atoms with Crippen molar-refractivity contribution in [3.05, 3.63) is 42.5 Å². The van der Waals surface area contributed by atoms with Gasteiger partial charge in [-0.3, -0.25) is 4.99 Å². The number of guanidine groups is 1. The highest BCUT2D eigenvalue weighted by Gasteiger charge is 2.05. The van der Waals surface area contributed by atoms with Crippen molar-refractivity contribution in [2.75, 3.05) is 37.6 Å². The number of nitrogens with one attached hydrogen (secondary N) is 2. The second-order valence-corrected chi connectivity index (χ2v) is 6.51. The second kappa shape index (κ2) is 14.2. The van der Waals surface area contributed by atoms with Gasteiger partial charge in [-0.15, -0.1) is 34.2 Å². The molecule has 0 spiro atoms. The van der Waals surface area contributed by atoms with E-state index in [1.807, 2.05) is 4.57 Å². The van der Waals surface area contributed by atoms with Crippen molar-refractivity contribution in [3.63, 3.8) is 0 Å². The van der Waals surface area contributed by atoms with E-state index in [-0.39, 0.29) is 24.0 Å². The van der Waals surface area contributed by atoms with E-state index in [4.69, 9.17) is 0 Å². The molecule has 0 radical (unpaired) electrons. The topological polar surface area (TPSA) is 70.4 Å². The van der Waals surface area contributed by atoms with Gasteiger partial charge in [-0.05, 0) is 51.3 Å². The van der Waals surface area contributed by atoms with Gasteiger partial charge < -0.3 is 20.1 Å². The standard InChI is InChI=1S/C20H33N7.HI/c1-4-21-20(22-11-6-7-13-26-16-24-25-17-26)23-12-14-27(5-2)19-10-8-9-18(3)15-19;/h8-10,15-17H,4-7,11-14H2,1-3H3,(H2,21,22,23);1H. The quantitative estimate of drug-likeness (QED) is 0.215. The molecule has 0 saturated heterocycles. The summed E-state index contributed by atoms with van der Waals surface area (Å²) < 4.78 is 2.00. The molecule has 0 aliphatic carbocycles. The largest absolute Gasteiger partial charge is 0.370 e. The fourth-order valence-electron chi connectivity index (χ4n) is 2.88. The number of aromatic nitrogens is 3. The second-order valence-electron chi connectivity index (χ2n) is 6.51. The molecule has 0 aliphatic heterocycles. The number of nitrogens with zero attached hydrogens (tertiary/aromatic N) is 5. The Kier molecular flexibility index (Phi) is 12.3. The van der Waals surface area contributed by atoms with Crippen molar-refractivity contribution in [2.24, 2.45) is 4.99 Å². The lowest BCUT2D eigenvalue weighted by Crippen LogP contribution is -2.41. The molecule has 28 heavy (non-hydrogen) atoms. The summed E-state index contributed by atoms with van der Waals surface area (Å²) in [6.45, 7) is 11.8. The number of rotatable bonds is 11. The summed E-state index contributed by atoms with van der Waals surface area (Å²) in [6, 6.07) is 8.66. The Balaban J connectivity index is 0.00000392. The minimum atomic E-state index is 0. The van der Waals surface area contributed by atoms with Crippen molar-refractivity contribution < 1.29 is 0 Å². The number of aryl methyl sites for hydroxylation is 2. The third-order valence-corrected chi connectivity index (χ3v) is 4.33. The maximum Gasteiger partial charge on any atom is 0.191 e. The van der Waals surface area contributed by atoms with Gasteiger partial charge in [0.15, 0.2) is 5.96 Å². The third-order valence-electron chi connectivity index (χ3n) is 4.33. The van der Waals surface area contributed by atoms with E-state index in [2.05, 4.69) is 75.8 Å². The Morgan fingerprint density at radius 3 is 2.61 bits per heavy atom. The number of hydrogen-bond acceptors (Lipinski definition) is 4. The molecule has 0 amide bonds. The van der Waals surface area contributed by atoms with E-state index in [0.29, 0.717) is 0 Å². The van der Waals surface area contributed by atoms with Crippen molar-refractivity contribution in [2.45, 2.75) is 40.2 Å². The van der Waals surface area contributed by atoms with Gasteiger partial charge in [0.25, 0.3) is 0 Å². The number of likely N-dealkylation sites (N-methyl/N-ethyl adjacent to an activating group) is 1. The third kappa shape index (κ3) is 8.90. The van der Waals surface area contributed by atoms with E-state index in [9.17, 15) is 0 Å². The molecule has 0 fully saturated rings. The van der Waals surface area contributed by atoms with E-state index in [1.54, 1.807) is 12.7 Å². The lowest BCUT2D eigenvalue weighted by atomic mass is 10.2. The van der Waals surface area contributed by atoms with Gasteiger partial charge >= 0.3 is 0 Å². The molecule has 2 aromatic rings. The first-order valence-electron chi connectivity index (χ1n) is 9.89. The zero-order chi connectivity index (χ0) is 19.3. The molecular weight excluding hydrogens is 465 g/mol. The Bertz CT molecular complexity index is 673. The first-order chi connectivity index (χ1) is 13.2. The van der Waals surface area contributed by atoms with Gasteiger partial charge in [0, 0.05) is 45.0 Å². The Labute approximate surface area is 186 Å². The van der Waals surface area contributed by atoms with Crippen LogP contribution in [0.1, 0.15) is 32.3 Å². The zero-order valence-electron chi connectivity index (χ0n) is 17.3. The predicted octanol–water partition coefficient (Wildman–Crippen LogP) is 3.07. The van der Waals surface area contributed by atoms with Crippen LogP contribution in [-0.4, -0.2) is 53.4 Å². The molecule has 7 nitrogen and oxygen atoms in total. The van der Waals surface area contributed by atoms with Gasteiger partial charge in [0.2, 0.25) is 0 Å². The molecule has 1 aromatic heterocycles. The number of hydrogen-bond donors (Lipinski definition) is 2. The summed E-state index contributed by atoms with van der Waals surface area (Å²) in [5, 5.41) is 14.4. The molecule has 0 atom stereocenters. The van der Waals surface area contributed by atoms with E-state index in [0.717, 1.165) is 58.1 Å². The van der Waals surface area contributed by atoms with Crippen molar-refractivity contribution in [1.29, 1.82) is 0 Å². The maximum absolute atomic E-state index is 4.68. The molecule has 1 aromatic carbocycles. The van der Waals surface area contributed by atoms with Gasteiger partial charge in [0.05, 0.1) is 0 Å². The van der Waals surface area contributed by atoms with Crippen LogP contribution in [0.25, 0.3) is 0 Å². The lowest BCUT2D eigenvalue weighted by molar-refractivity contribution is 0.611. The number of halogens is 1. The van der Waals surface area contributed by atoms with Crippen LogP contribution in [0.4, 0.5) is 5.69 Å². The fourth-order valence-corrected chi connectivity index (χ4v) is 2.88. The minimum Gasteiger partial charge on any atom is -0.370 e. The summed E-state index contributed by atoms with van der Waals surface area (Å²) in [7, 11) is 0. The van der Waals surface area contributed by atoms with Crippen LogP contribution >= 0.6 is 24.0 Å². The molecule has 156 valence electrons. The molecule has 2 N–H and O–H groups in total. The maximum atomic E-state index is 4.68. The highest BCUT2D eigenvalue weighted by atomic mass is 127. The summed E-state index contributed by atoms with van der Waals surface area (Å²) in [5.74, 6) is 0.891. The highest BCUT2D eigenvalue weighted by molar-refractivity contribution is 14.0. The lowest BCUT2D eigenvalue weighted by Gasteiger charge is -2.24. The number of benzene rings is 1. The molecule has 2 rings (SSSR count). The number of aliphatic imine (C=N–C) groups is 1. The monoisotopic (exact) mass is 499 g/mol. The van der Waals surface area contributed by atoms with Crippen LogP contribution in [-0.2, 0) is 6.54 Å². The molecule has 0 bridgehead atoms. The van der Waals surface area contributed by atoms with Gasteiger partial charge in [-0.2, -0.15) is 0 Å². The molecule has 8 heteroatoms. The Morgan fingerprint density at radius 2 is 1.93 bits per heavy atom. The van der Waals surface area contributed by atoms with Crippen LogP contribution in [0, 0.1) is 6.92 Å². The average Bonchev–Trinajstić information content (AvgIpc) is 3.18. The van der Waals surface area contributed by atoms with E-state index < -0.39 is 0 Å². The number of anilines is 1. The van der Waals surface area contributed by atoms with Crippen LogP contribution in [0.2, 0.25) is 0 Å². The van der Waals surface area contributed by atoms with Crippen LogP contribution in [0.15, 0.2) is 41.9 Å². The van der Waals surface area contributed by atoms with Crippen molar-refractivity contribution in [1.82, 2.24) is 25.4 Å². The smallest absolute Gasteiger partial charge is 0.191 e. The van der Waals surface area contributed by atoms with Crippen LogP contribution < -0.4 is 15.5 Å². The Hall–Kier alpha value is -1.84. The molecule has 0 unspecified atom stereocenters. The van der Waals surface area contributed by atoms with Crippen molar-refractivity contribution in [3.8, 4) is 0 Å². The van der Waals surface area contributed by atoms with Gasteiger partial charge in [-0.1, -0.05) is 12.1 Å². The molecular formula is C20H34IN7. The van der Waals surface area contributed by atoms with Gasteiger partial charge in [0.1, 0.15) is 12.7 Å². The van der Waals surface area contributed by atoms with Crippen molar-refractivity contribution >= 4 is 35.6 Å². The first kappa shape index (κ1) is 24.2. The summed E-state index contributed by atoms with van der Waals surface area (Å²) in [6.07, 6.45) is 5.61. The Morgan fingerprint density at radius 1 is 1.14 bits per heavy atom. The summed E-state index contributed by atoms with van der Waals surface area (Å²) in [5.41, 5.74) is 2.57. The summed E-state index contributed by atoms with van der Waals surface area (Å²) >= 11 is 0. The van der Waals surface area contributed by atoms with Gasteiger partial charge in [-0.25, -0.2) is 0 Å². The predicted molar refractivity (Wildman–Crippen MR) is 128 cm³/mol. The molecule has 0 aliphatic rings. The first-order valence-corrected chi connectivity index (χ1v) is 9.89. The average molecular weight is 499 g/mol. The molecule has 1 heterocycles. The van der Waals surface area contributed by atoms with E-state index >= 15 is 0 Å². The van der Waals surface area contributed by atoms with E-state index in [1.165, 1.54) is 11.3 Å². The zero-order valence-corrected chi connectivity index (χ0v) is 19.6. The fraction of sp³-hybridized carbons (Fsp3) is 0.550. The van der Waals surface area contributed by atoms with Crippen LogP contribution in [0.3, 0.4) is 0 Å². The van der Waals surface area contributed by atoms with Crippen LogP contribution in [0.5, 0.6) is 0 Å². The highest BCUT2D eigenvalue weighted by Crippen LogP contribution is 2.14. The number of unbranched alkanes of at least 4 members (excludes halogenated alkanes) is 1. The summed E-state index contributed by atoms with van der Waals surface area (Å²) in [4.78, 5) is 7.05.